The second-order valence-electron chi connectivity index (χ2n) is 4.11. The van der Waals surface area contributed by atoms with Gasteiger partial charge in [-0.3, -0.25) is 0 Å². The first-order valence-electron chi connectivity index (χ1n) is 5.19. The molecular weight excluding hydrogens is 178 g/mol. The van der Waals surface area contributed by atoms with Gasteiger partial charge in [-0.25, -0.2) is 4.98 Å². The van der Waals surface area contributed by atoms with E-state index in [-0.39, 0.29) is 0 Å². The quantitative estimate of drug-likeness (QED) is 0.666. The maximum absolute atomic E-state index is 10.0. The maximum Gasteiger partial charge on any atom is 0.0922 e. The molecule has 0 atom stereocenters. The summed E-state index contributed by atoms with van der Waals surface area (Å²) in [7, 11) is 0. The van der Waals surface area contributed by atoms with Crippen LogP contribution in [0.15, 0.2) is 12.5 Å². The summed E-state index contributed by atoms with van der Waals surface area (Å²) in [5.41, 5.74) is 0.603. The molecule has 1 aromatic rings. The Morgan fingerprint density at radius 1 is 1.50 bits per heavy atom. The molecule has 0 radical (unpaired) electrons. The van der Waals surface area contributed by atoms with Gasteiger partial charge < -0.3 is 15.4 Å². The Morgan fingerprint density at radius 2 is 2.29 bits per heavy atom. The smallest absolute Gasteiger partial charge is 0.0922 e. The Kier molecular flexibility index (Phi) is 2.84. The van der Waals surface area contributed by atoms with E-state index in [1.54, 1.807) is 12.5 Å². The Hall–Kier alpha value is -0.870. The van der Waals surface area contributed by atoms with Crippen molar-refractivity contribution in [1.29, 1.82) is 0 Å². The van der Waals surface area contributed by atoms with Crippen molar-refractivity contribution in [2.24, 2.45) is 0 Å². The van der Waals surface area contributed by atoms with Gasteiger partial charge in [0.2, 0.25) is 0 Å². The van der Waals surface area contributed by atoms with E-state index in [0.29, 0.717) is 6.54 Å². The van der Waals surface area contributed by atoms with Crippen LogP contribution in [0.4, 0.5) is 0 Å². The summed E-state index contributed by atoms with van der Waals surface area (Å²) in [6.07, 6.45) is 7.64. The van der Waals surface area contributed by atoms with Gasteiger partial charge in [-0.2, -0.15) is 0 Å². The molecule has 0 unspecified atom stereocenters. The lowest BCUT2D eigenvalue weighted by atomic mass is 10.0. The number of hydrogen-bond acceptors (Lipinski definition) is 3. The van der Waals surface area contributed by atoms with E-state index >= 15 is 0 Å². The van der Waals surface area contributed by atoms with Gasteiger partial charge in [0.25, 0.3) is 0 Å². The van der Waals surface area contributed by atoms with Crippen molar-refractivity contribution in [1.82, 2.24) is 15.3 Å². The highest BCUT2D eigenvalue weighted by Gasteiger charge is 2.30. The lowest BCUT2D eigenvalue weighted by Gasteiger charge is -2.22. The van der Waals surface area contributed by atoms with Crippen LogP contribution in [0.25, 0.3) is 0 Å². The van der Waals surface area contributed by atoms with Gasteiger partial charge in [0, 0.05) is 25.0 Å². The molecule has 14 heavy (non-hydrogen) atoms. The lowest BCUT2D eigenvalue weighted by molar-refractivity contribution is 0.0474. The monoisotopic (exact) mass is 195 g/mol. The van der Waals surface area contributed by atoms with Crippen molar-refractivity contribution in [3.05, 3.63) is 18.2 Å². The van der Waals surface area contributed by atoms with Gasteiger partial charge in [0.05, 0.1) is 11.9 Å². The molecule has 1 aromatic heterocycles. The Bertz CT molecular complexity index is 265. The summed E-state index contributed by atoms with van der Waals surface area (Å²) in [4.78, 5) is 6.95. The molecule has 1 heterocycles. The molecule has 1 saturated carbocycles. The van der Waals surface area contributed by atoms with Crippen LogP contribution in [0.1, 0.15) is 31.4 Å². The Morgan fingerprint density at radius 3 is 2.93 bits per heavy atom. The zero-order chi connectivity index (χ0) is 9.86. The summed E-state index contributed by atoms with van der Waals surface area (Å²) in [6, 6.07) is 0. The van der Waals surface area contributed by atoms with Gasteiger partial charge in [-0.05, 0) is 12.8 Å². The number of aromatic nitrogens is 2. The molecular formula is C10H17N3O. The van der Waals surface area contributed by atoms with Crippen molar-refractivity contribution in [3.8, 4) is 0 Å². The molecule has 4 nitrogen and oxygen atoms in total. The molecule has 4 heteroatoms. The summed E-state index contributed by atoms with van der Waals surface area (Å²) in [5.74, 6) is 0. The minimum atomic E-state index is -0.458. The summed E-state index contributed by atoms with van der Waals surface area (Å²) in [6.45, 7) is 1.44. The van der Waals surface area contributed by atoms with E-state index in [1.807, 2.05) is 0 Å². The van der Waals surface area contributed by atoms with E-state index < -0.39 is 5.60 Å². The molecule has 0 bridgehead atoms. The van der Waals surface area contributed by atoms with Crippen LogP contribution in [0.2, 0.25) is 0 Å². The average Bonchev–Trinajstić information content (AvgIpc) is 2.77. The van der Waals surface area contributed by atoms with E-state index in [4.69, 9.17) is 0 Å². The van der Waals surface area contributed by atoms with E-state index in [2.05, 4.69) is 15.3 Å². The molecule has 78 valence electrons. The van der Waals surface area contributed by atoms with Crippen LogP contribution in [0.3, 0.4) is 0 Å². The Balaban J connectivity index is 1.72. The first kappa shape index (κ1) is 9.68. The number of aromatic amines is 1. The maximum atomic E-state index is 10.0. The van der Waals surface area contributed by atoms with Gasteiger partial charge in [-0.15, -0.1) is 0 Å². The van der Waals surface area contributed by atoms with Crippen LogP contribution in [-0.2, 0) is 6.54 Å². The molecule has 0 saturated heterocycles. The van der Waals surface area contributed by atoms with Crippen molar-refractivity contribution in [2.75, 3.05) is 6.54 Å². The third-order valence-corrected chi connectivity index (χ3v) is 2.86. The largest absolute Gasteiger partial charge is 0.389 e. The van der Waals surface area contributed by atoms with Crippen LogP contribution in [-0.4, -0.2) is 27.2 Å². The van der Waals surface area contributed by atoms with Crippen LogP contribution >= 0.6 is 0 Å². The number of nitrogens with one attached hydrogen (secondary N) is 2. The number of rotatable bonds is 4. The zero-order valence-electron chi connectivity index (χ0n) is 8.29. The normalized spacial score (nSPS) is 20.1. The molecule has 0 spiro atoms. The summed E-state index contributed by atoms with van der Waals surface area (Å²) >= 11 is 0. The molecule has 1 aliphatic carbocycles. The number of H-pyrrole nitrogens is 1. The van der Waals surface area contributed by atoms with Crippen molar-refractivity contribution in [2.45, 2.75) is 37.8 Å². The minimum Gasteiger partial charge on any atom is -0.389 e. The molecule has 1 fully saturated rings. The van der Waals surface area contributed by atoms with Gasteiger partial charge in [0.1, 0.15) is 0 Å². The average molecular weight is 195 g/mol. The van der Waals surface area contributed by atoms with Gasteiger partial charge >= 0.3 is 0 Å². The highest BCUT2D eigenvalue weighted by molar-refractivity contribution is 4.94. The SMILES string of the molecule is OC1(CNCc2cnc[nH]2)CCCC1. The molecule has 1 aliphatic rings. The van der Waals surface area contributed by atoms with Crippen LogP contribution in [0.5, 0.6) is 0 Å². The van der Waals surface area contributed by atoms with E-state index in [0.717, 1.165) is 37.9 Å². The molecule has 3 N–H and O–H groups in total. The molecule has 0 amide bonds. The fraction of sp³-hybridized carbons (Fsp3) is 0.700. The third kappa shape index (κ3) is 2.33. The van der Waals surface area contributed by atoms with Crippen molar-refractivity contribution >= 4 is 0 Å². The Labute approximate surface area is 83.8 Å². The number of aliphatic hydroxyl groups is 1. The second-order valence-corrected chi connectivity index (χ2v) is 4.11. The van der Waals surface area contributed by atoms with Crippen LogP contribution < -0.4 is 5.32 Å². The lowest BCUT2D eigenvalue weighted by Crippen LogP contribution is -2.37. The highest BCUT2D eigenvalue weighted by atomic mass is 16.3. The standard InChI is InChI=1S/C10H17N3O/c14-10(3-1-2-4-10)7-11-5-9-6-12-8-13-9/h6,8,11,14H,1-5,7H2,(H,12,13). The minimum absolute atomic E-state index is 0.458. The number of nitrogens with zero attached hydrogens (tertiary/aromatic N) is 1. The van der Waals surface area contributed by atoms with E-state index in [1.165, 1.54) is 0 Å². The number of hydrogen-bond donors (Lipinski definition) is 3. The summed E-state index contributed by atoms with van der Waals surface area (Å²) in [5, 5.41) is 13.3. The third-order valence-electron chi connectivity index (χ3n) is 2.86. The van der Waals surface area contributed by atoms with Crippen LogP contribution in [0, 0.1) is 0 Å². The van der Waals surface area contributed by atoms with Crippen molar-refractivity contribution in [3.63, 3.8) is 0 Å². The first-order valence-corrected chi connectivity index (χ1v) is 5.19. The fourth-order valence-corrected chi connectivity index (χ4v) is 2.02. The first-order chi connectivity index (χ1) is 6.79. The predicted molar refractivity (Wildman–Crippen MR) is 53.7 cm³/mol. The topological polar surface area (TPSA) is 60.9 Å². The molecule has 2 rings (SSSR count). The molecule has 0 aromatic carbocycles. The zero-order valence-corrected chi connectivity index (χ0v) is 8.29. The second kappa shape index (κ2) is 4.11. The molecule has 0 aliphatic heterocycles. The summed E-state index contributed by atoms with van der Waals surface area (Å²) < 4.78 is 0. The van der Waals surface area contributed by atoms with Crippen molar-refractivity contribution < 1.29 is 5.11 Å². The van der Waals surface area contributed by atoms with E-state index in [9.17, 15) is 5.11 Å². The fourth-order valence-electron chi connectivity index (χ4n) is 2.02. The predicted octanol–water partition coefficient (Wildman–Crippen LogP) is 0.804. The van der Waals surface area contributed by atoms with Gasteiger partial charge in [0.15, 0.2) is 0 Å². The van der Waals surface area contributed by atoms with Gasteiger partial charge in [-0.1, -0.05) is 12.8 Å². The number of imidazole rings is 1. The highest BCUT2D eigenvalue weighted by Crippen LogP contribution is 2.28.